The van der Waals surface area contributed by atoms with Crippen LogP contribution in [0.5, 0.6) is 0 Å². The van der Waals surface area contributed by atoms with Gasteiger partial charge in [-0.05, 0) is 26.2 Å². The van der Waals surface area contributed by atoms with Gasteiger partial charge in [-0.3, -0.25) is 0 Å². The minimum absolute atomic E-state index is 0.162. The van der Waals surface area contributed by atoms with Crippen LogP contribution in [-0.2, 0) is 11.2 Å². The van der Waals surface area contributed by atoms with Gasteiger partial charge in [-0.15, -0.1) is 0 Å². The normalized spacial score (nSPS) is 23.2. The van der Waals surface area contributed by atoms with Gasteiger partial charge in [-0.2, -0.15) is 4.98 Å². The summed E-state index contributed by atoms with van der Waals surface area (Å²) in [4.78, 5) is 4.21. The molecule has 1 fully saturated rings. The summed E-state index contributed by atoms with van der Waals surface area (Å²) in [5.41, 5.74) is 5.64. The van der Waals surface area contributed by atoms with Crippen molar-refractivity contribution in [1.29, 1.82) is 0 Å². The van der Waals surface area contributed by atoms with Crippen molar-refractivity contribution in [3.8, 4) is 0 Å². The monoisotopic (exact) mass is 211 g/mol. The maximum Gasteiger partial charge on any atom is 0.226 e. The lowest BCUT2D eigenvalue weighted by molar-refractivity contribution is 0.102. The van der Waals surface area contributed by atoms with Gasteiger partial charge in [0.2, 0.25) is 5.89 Å². The van der Waals surface area contributed by atoms with Crippen LogP contribution in [0.2, 0.25) is 0 Å². The summed E-state index contributed by atoms with van der Waals surface area (Å²) in [6, 6.07) is -0.162. The largest absolute Gasteiger partial charge is 0.378 e. The maximum absolute atomic E-state index is 5.64. The maximum atomic E-state index is 5.64. The molecule has 1 aliphatic heterocycles. The molecule has 0 saturated carbocycles. The van der Waals surface area contributed by atoms with E-state index >= 15 is 0 Å². The molecule has 2 heterocycles. The van der Waals surface area contributed by atoms with Gasteiger partial charge >= 0.3 is 0 Å². The summed E-state index contributed by atoms with van der Waals surface area (Å²) >= 11 is 0. The zero-order valence-corrected chi connectivity index (χ0v) is 8.98. The number of hydrogen-bond donors (Lipinski definition) is 1. The minimum Gasteiger partial charge on any atom is -0.378 e. The smallest absolute Gasteiger partial charge is 0.226 e. The van der Waals surface area contributed by atoms with Crippen LogP contribution in [0.4, 0.5) is 0 Å². The van der Waals surface area contributed by atoms with Crippen LogP contribution in [0.1, 0.15) is 43.9 Å². The van der Waals surface area contributed by atoms with E-state index in [1.54, 1.807) is 0 Å². The van der Waals surface area contributed by atoms with Crippen LogP contribution in [0, 0.1) is 0 Å². The van der Waals surface area contributed by atoms with Crippen LogP contribution < -0.4 is 5.73 Å². The summed E-state index contributed by atoms with van der Waals surface area (Å²) in [6.45, 7) is 2.73. The van der Waals surface area contributed by atoms with Crippen molar-refractivity contribution in [3.05, 3.63) is 11.7 Å². The van der Waals surface area contributed by atoms with Crippen molar-refractivity contribution < 1.29 is 9.26 Å². The van der Waals surface area contributed by atoms with E-state index in [9.17, 15) is 0 Å². The van der Waals surface area contributed by atoms with Crippen molar-refractivity contribution in [1.82, 2.24) is 10.1 Å². The van der Waals surface area contributed by atoms with Gasteiger partial charge in [0.05, 0.1) is 12.1 Å². The Kier molecular flexibility index (Phi) is 3.33. The molecule has 1 aromatic heterocycles. The highest BCUT2D eigenvalue weighted by molar-refractivity contribution is 4.91. The number of hydrogen-bond acceptors (Lipinski definition) is 5. The molecule has 15 heavy (non-hydrogen) atoms. The van der Waals surface area contributed by atoms with Crippen LogP contribution >= 0.6 is 0 Å². The Bertz CT molecular complexity index is 305. The lowest BCUT2D eigenvalue weighted by Gasteiger charge is -2.05. The summed E-state index contributed by atoms with van der Waals surface area (Å²) in [7, 11) is 0. The van der Waals surface area contributed by atoms with Gasteiger partial charge in [0.25, 0.3) is 0 Å². The van der Waals surface area contributed by atoms with Crippen molar-refractivity contribution in [2.24, 2.45) is 5.73 Å². The lowest BCUT2D eigenvalue weighted by atomic mass is 10.1. The zero-order chi connectivity index (χ0) is 10.7. The lowest BCUT2D eigenvalue weighted by Crippen LogP contribution is -2.08. The van der Waals surface area contributed by atoms with E-state index in [2.05, 4.69) is 10.1 Å². The van der Waals surface area contributed by atoms with Gasteiger partial charge in [-0.1, -0.05) is 5.16 Å². The van der Waals surface area contributed by atoms with Gasteiger partial charge < -0.3 is 15.0 Å². The van der Waals surface area contributed by atoms with Gasteiger partial charge in [0, 0.05) is 13.0 Å². The molecule has 0 aliphatic carbocycles. The van der Waals surface area contributed by atoms with Crippen LogP contribution in [0.15, 0.2) is 4.52 Å². The highest BCUT2D eigenvalue weighted by Crippen LogP contribution is 2.17. The van der Waals surface area contributed by atoms with Crippen molar-refractivity contribution in [2.45, 2.75) is 44.8 Å². The Morgan fingerprint density at radius 2 is 2.47 bits per heavy atom. The standard InChI is InChI=1S/C10H17N3O2/c1-7(11)10-12-9(15-13-10)5-4-8-3-2-6-14-8/h7-8H,2-6,11H2,1H3. The second kappa shape index (κ2) is 4.72. The van der Waals surface area contributed by atoms with E-state index < -0.39 is 0 Å². The average Bonchev–Trinajstić information content (AvgIpc) is 2.86. The number of ether oxygens (including phenoxy) is 1. The van der Waals surface area contributed by atoms with E-state index in [1.165, 1.54) is 6.42 Å². The van der Waals surface area contributed by atoms with E-state index in [0.29, 0.717) is 17.8 Å². The van der Waals surface area contributed by atoms with Gasteiger partial charge in [0.1, 0.15) is 0 Å². The number of nitrogens with zero attached hydrogens (tertiary/aromatic N) is 2. The SMILES string of the molecule is CC(N)c1noc(CCC2CCCO2)n1. The molecule has 5 heteroatoms. The predicted molar refractivity (Wildman–Crippen MR) is 54.2 cm³/mol. The molecule has 2 N–H and O–H groups in total. The van der Waals surface area contributed by atoms with Crippen LogP contribution in [-0.4, -0.2) is 22.9 Å². The van der Waals surface area contributed by atoms with Crippen LogP contribution in [0.25, 0.3) is 0 Å². The Balaban J connectivity index is 1.82. The van der Waals surface area contributed by atoms with Gasteiger partial charge in [-0.25, -0.2) is 0 Å². The quantitative estimate of drug-likeness (QED) is 0.810. The molecule has 1 saturated heterocycles. The molecule has 2 atom stereocenters. The molecule has 0 aromatic carbocycles. The molecule has 0 bridgehead atoms. The summed E-state index contributed by atoms with van der Waals surface area (Å²) in [5.74, 6) is 1.25. The molecule has 0 amide bonds. The average molecular weight is 211 g/mol. The number of rotatable bonds is 4. The summed E-state index contributed by atoms with van der Waals surface area (Å²) < 4.78 is 10.6. The van der Waals surface area contributed by atoms with E-state index in [-0.39, 0.29) is 6.04 Å². The third-order valence-corrected chi connectivity index (χ3v) is 2.60. The molecule has 1 aliphatic rings. The summed E-state index contributed by atoms with van der Waals surface area (Å²) in [5, 5.41) is 3.81. The highest BCUT2D eigenvalue weighted by Gasteiger charge is 2.17. The topological polar surface area (TPSA) is 74.2 Å². The molecule has 0 spiro atoms. The zero-order valence-electron chi connectivity index (χ0n) is 8.98. The van der Waals surface area contributed by atoms with Crippen molar-refractivity contribution in [2.75, 3.05) is 6.61 Å². The fourth-order valence-electron chi connectivity index (χ4n) is 1.71. The molecule has 0 radical (unpaired) electrons. The predicted octanol–water partition coefficient (Wildman–Crippen LogP) is 1.20. The highest BCUT2D eigenvalue weighted by atomic mass is 16.5. The number of aryl methyl sites for hydroxylation is 1. The first-order chi connectivity index (χ1) is 7.25. The Morgan fingerprint density at radius 1 is 1.60 bits per heavy atom. The second-order valence-corrected chi connectivity index (χ2v) is 4.01. The third kappa shape index (κ3) is 2.76. The van der Waals surface area contributed by atoms with E-state index in [4.69, 9.17) is 15.0 Å². The number of nitrogens with two attached hydrogens (primary N) is 1. The summed E-state index contributed by atoms with van der Waals surface area (Å²) in [6.07, 6.45) is 4.43. The first-order valence-electron chi connectivity index (χ1n) is 5.45. The molecular weight excluding hydrogens is 194 g/mol. The molecule has 5 nitrogen and oxygen atoms in total. The first-order valence-corrected chi connectivity index (χ1v) is 5.45. The van der Waals surface area contributed by atoms with Crippen molar-refractivity contribution >= 4 is 0 Å². The Morgan fingerprint density at radius 3 is 3.07 bits per heavy atom. The Hall–Kier alpha value is -0.940. The number of aromatic nitrogens is 2. The second-order valence-electron chi connectivity index (χ2n) is 4.01. The van der Waals surface area contributed by atoms with E-state index in [1.807, 2.05) is 6.92 Å². The van der Waals surface area contributed by atoms with E-state index in [0.717, 1.165) is 25.9 Å². The van der Waals surface area contributed by atoms with Crippen molar-refractivity contribution in [3.63, 3.8) is 0 Å². The molecule has 2 unspecified atom stereocenters. The third-order valence-electron chi connectivity index (χ3n) is 2.60. The molecular formula is C10H17N3O2. The first kappa shape index (κ1) is 10.6. The molecule has 1 aromatic rings. The molecule has 2 rings (SSSR count). The van der Waals surface area contributed by atoms with Crippen LogP contribution in [0.3, 0.4) is 0 Å². The fourth-order valence-corrected chi connectivity index (χ4v) is 1.71. The Labute approximate surface area is 89.0 Å². The van der Waals surface area contributed by atoms with Gasteiger partial charge in [0.15, 0.2) is 5.82 Å². The minimum atomic E-state index is -0.162. The molecule has 84 valence electrons. The fraction of sp³-hybridized carbons (Fsp3) is 0.800.